The van der Waals surface area contributed by atoms with E-state index in [1.165, 1.54) is 0 Å². The first-order valence-corrected chi connectivity index (χ1v) is 6.67. The van der Waals surface area contributed by atoms with Crippen LogP contribution in [0.5, 0.6) is 0 Å². The molecule has 18 heavy (non-hydrogen) atoms. The van der Waals surface area contributed by atoms with Gasteiger partial charge in [0.15, 0.2) is 0 Å². The van der Waals surface area contributed by atoms with E-state index >= 15 is 0 Å². The lowest BCUT2D eigenvalue weighted by molar-refractivity contribution is -0.0414. The van der Waals surface area contributed by atoms with Crippen LogP contribution in [0, 0.1) is 0 Å². The van der Waals surface area contributed by atoms with Gasteiger partial charge in [0.1, 0.15) is 5.60 Å². The summed E-state index contributed by atoms with van der Waals surface area (Å²) in [4.78, 5) is 13.6. The number of β-amino-alcohol motifs (C(OH)–C–C–N with tert-alkyl or cyclic N) is 1. The van der Waals surface area contributed by atoms with Crippen molar-refractivity contribution in [3.8, 4) is 0 Å². The summed E-state index contributed by atoms with van der Waals surface area (Å²) in [6.07, 6.45) is 1.19. The number of nitrogens with zero attached hydrogens (tertiary/aromatic N) is 1. The van der Waals surface area contributed by atoms with Gasteiger partial charge in [0.05, 0.1) is 12.1 Å². The third kappa shape index (κ3) is 4.82. The monoisotopic (exact) mass is 258 g/mol. The van der Waals surface area contributed by atoms with Gasteiger partial charge < -0.3 is 20.1 Å². The van der Waals surface area contributed by atoms with Gasteiger partial charge in [0, 0.05) is 13.1 Å². The van der Waals surface area contributed by atoms with Gasteiger partial charge in [-0.05, 0) is 40.2 Å². The van der Waals surface area contributed by atoms with E-state index in [0.29, 0.717) is 19.6 Å². The molecule has 0 aromatic heterocycles. The number of likely N-dealkylation sites (tertiary alicyclic amines) is 1. The first-order valence-electron chi connectivity index (χ1n) is 6.67. The zero-order chi connectivity index (χ0) is 13.8. The van der Waals surface area contributed by atoms with Crippen LogP contribution in [0.4, 0.5) is 4.79 Å². The molecule has 0 aromatic rings. The van der Waals surface area contributed by atoms with E-state index < -0.39 is 11.2 Å². The highest BCUT2D eigenvalue weighted by Gasteiger charge is 2.36. The highest BCUT2D eigenvalue weighted by Crippen LogP contribution is 2.22. The van der Waals surface area contributed by atoms with Crippen LogP contribution < -0.4 is 5.32 Å². The molecule has 0 aromatic carbocycles. The predicted molar refractivity (Wildman–Crippen MR) is 70.5 cm³/mol. The first kappa shape index (κ1) is 15.2. The van der Waals surface area contributed by atoms with Crippen molar-refractivity contribution in [3.05, 3.63) is 0 Å². The molecular formula is C13H26N2O3. The fourth-order valence-electron chi connectivity index (χ4n) is 2.10. The smallest absolute Gasteiger partial charge is 0.410 e. The van der Waals surface area contributed by atoms with Gasteiger partial charge in [0.25, 0.3) is 0 Å². The summed E-state index contributed by atoms with van der Waals surface area (Å²) in [6.45, 7) is 9.87. The molecule has 0 saturated carbocycles. The number of aliphatic hydroxyl groups is 1. The molecule has 1 aliphatic heterocycles. The molecule has 0 spiro atoms. The first-order chi connectivity index (χ1) is 8.26. The van der Waals surface area contributed by atoms with Crippen molar-refractivity contribution in [1.29, 1.82) is 0 Å². The number of rotatable bonds is 3. The Hall–Kier alpha value is -0.810. The van der Waals surface area contributed by atoms with Gasteiger partial charge in [-0.2, -0.15) is 0 Å². The average molecular weight is 258 g/mol. The third-order valence-corrected chi connectivity index (χ3v) is 2.91. The van der Waals surface area contributed by atoms with Gasteiger partial charge in [-0.15, -0.1) is 0 Å². The number of carbonyl (C=O) groups is 1. The molecule has 5 nitrogen and oxygen atoms in total. The molecule has 1 rings (SSSR count). The van der Waals surface area contributed by atoms with Crippen LogP contribution in [-0.2, 0) is 4.74 Å². The lowest BCUT2D eigenvalue weighted by Crippen LogP contribution is -2.55. The predicted octanol–water partition coefficient (Wildman–Crippen LogP) is 1.36. The molecule has 1 atom stereocenters. The Labute approximate surface area is 109 Å². The Morgan fingerprint density at radius 3 is 2.72 bits per heavy atom. The van der Waals surface area contributed by atoms with Crippen molar-refractivity contribution < 1.29 is 14.6 Å². The Bertz CT molecular complexity index is 288. The van der Waals surface area contributed by atoms with Crippen molar-refractivity contribution in [2.75, 3.05) is 26.2 Å². The maximum absolute atomic E-state index is 11.9. The summed E-state index contributed by atoms with van der Waals surface area (Å²) in [5.74, 6) is 0. The van der Waals surface area contributed by atoms with Crippen LogP contribution in [0.1, 0.15) is 40.5 Å². The quantitative estimate of drug-likeness (QED) is 0.802. The van der Waals surface area contributed by atoms with Crippen LogP contribution in [0.25, 0.3) is 0 Å². The molecule has 0 bridgehead atoms. The summed E-state index contributed by atoms with van der Waals surface area (Å²) in [5.41, 5.74) is -1.32. The van der Waals surface area contributed by atoms with Crippen LogP contribution in [0.15, 0.2) is 0 Å². The average Bonchev–Trinajstić information content (AvgIpc) is 2.24. The minimum absolute atomic E-state index is 0.336. The van der Waals surface area contributed by atoms with E-state index in [9.17, 15) is 9.90 Å². The molecule has 1 aliphatic rings. The zero-order valence-corrected chi connectivity index (χ0v) is 12.0. The van der Waals surface area contributed by atoms with Crippen LogP contribution in [-0.4, -0.2) is 53.5 Å². The van der Waals surface area contributed by atoms with Crippen LogP contribution in [0.2, 0.25) is 0 Å². The standard InChI is InChI=1S/C13H26N2O3/c1-5-14-9-13(17)7-6-8-15(10-13)11(16)18-12(2,3)4/h14,17H,5-10H2,1-4H3. The minimum Gasteiger partial charge on any atom is -0.444 e. The van der Waals surface area contributed by atoms with E-state index in [0.717, 1.165) is 19.4 Å². The van der Waals surface area contributed by atoms with E-state index in [1.54, 1.807) is 4.90 Å². The topological polar surface area (TPSA) is 61.8 Å². The SMILES string of the molecule is CCNCC1(O)CCCN(C(=O)OC(C)(C)C)C1. The second-order valence-corrected chi connectivity index (χ2v) is 6.01. The number of ether oxygens (including phenoxy) is 1. The van der Waals surface area contributed by atoms with Crippen LogP contribution in [0.3, 0.4) is 0 Å². The van der Waals surface area contributed by atoms with Gasteiger partial charge in [0.2, 0.25) is 0 Å². The van der Waals surface area contributed by atoms with Crippen molar-refractivity contribution in [2.24, 2.45) is 0 Å². The number of piperidine rings is 1. The highest BCUT2D eigenvalue weighted by molar-refractivity contribution is 5.68. The maximum atomic E-state index is 11.9. The van der Waals surface area contributed by atoms with Crippen molar-refractivity contribution in [3.63, 3.8) is 0 Å². The van der Waals surface area contributed by atoms with Crippen molar-refractivity contribution in [1.82, 2.24) is 10.2 Å². The summed E-state index contributed by atoms with van der Waals surface area (Å²) in [5, 5.41) is 13.5. The Morgan fingerprint density at radius 1 is 1.50 bits per heavy atom. The van der Waals surface area contributed by atoms with Crippen LogP contribution >= 0.6 is 0 Å². The Balaban J connectivity index is 2.55. The van der Waals surface area contributed by atoms with E-state index in [2.05, 4.69) is 5.32 Å². The molecule has 2 N–H and O–H groups in total. The van der Waals surface area contributed by atoms with E-state index in [4.69, 9.17) is 4.74 Å². The summed E-state index contributed by atoms with van der Waals surface area (Å²) in [6, 6.07) is 0. The zero-order valence-electron chi connectivity index (χ0n) is 12.0. The molecule has 1 saturated heterocycles. The fraction of sp³-hybridized carbons (Fsp3) is 0.923. The number of hydrogen-bond donors (Lipinski definition) is 2. The van der Waals surface area contributed by atoms with E-state index in [1.807, 2.05) is 27.7 Å². The van der Waals surface area contributed by atoms with Crippen molar-refractivity contribution >= 4 is 6.09 Å². The lowest BCUT2D eigenvalue weighted by atomic mass is 9.93. The Kier molecular flexibility index (Phi) is 4.99. The molecule has 0 aliphatic carbocycles. The number of nitrogens with one attached hydrogen (secondary N) is 1. The van der Waals surface area contributed by atoms with Gasteiger partial charge >= 0.3 is 6.09 Å². The minimum atomic E-state index is -0.828. The van der Waals surface area contributed by atoms with Crippen molar-refractivity contribution in [2.45, 2.75) is 51.7 Å². The molecule has 0 radical (unpaired) electrons. The van der Waals surface area contributed by atoms with Gasteiger partial charge in [-0.1, -0.05) is 6.92 Å². The molecule has 5 heteroatoms. The summed E-state index contributed by atoms with van der Waals surface area (Å²) < 4.78 is 5.33. The Morgan fingerprint density at radius 2 is 2.17 bits per heavy atom. The molecule has 1 fully saturated rings. The highest BCUT2D eigenvalue weighted by atomic mass is 16.6. The third-order valence-electron chi connectivity index (χ3n) is 2.91. The summed E-state index contributed by atoms with van der Waals surface area (Å²) >= 11 is 0. The maximum Gasteiger partial charge on any atom is 0.410 e. The largest absolute Gasteiger partial charge is 0.444 e. The molecule has 1 heterocycles. The summed E-state index contributed by atoms with van der Waals surface area (Å²) in [7, 11) is 0. The van der Waals surface area contributed by atoms with Gasteiger partial charge in [-0.25, -0.2) is 4.79 Å². The molecule has 106 valence electrons. The second kappa shape index (κ2) is 5.89. The number of amides is 1. The number of carbonyl (C=O) groups excluding carboxylic acids is 1. The molecule has 1 amide bonds. The number of hydrogen-bond acceptors (Lipinski definition) is 4. The molecular weight excluding hydrogens is 232 g/mol. The van der Waals surface area contributed by atoms with Gasteiger partial charge in [-0.3, -0.25) is 0 Å². The fourth-order valence-corrected chi connectivity index (χ4v) is 2.10. The molecule has 1 unspecified atom stereocenters. The second-order valence-electron chi connectivity index (χ2n) is 6.01. The lowest BCUT2D eigenvalue weighted by Gasteiger charge is -2.39. The van der Waals surface area contributed by atoms with E-state index in [-0.39, 0.29) is 6.09 Å². The number of likely N-dealkylation sites (N-methyl/N-ethyl adjacent to an activating group) is 1. The normalized spacial score (nSPS) is 25.1.